The Kier molecular flexibility index (Phi) is 3.19. The molecule has 2 rings (SSSR count). The fourth-order valence-corrected chi connectivity index (χ4v) is 2.33. The minimum Gasteiger partial charge on any atom is -0.468 e. The van der Waals surface area contributed by atoms with E-state index >= 15 is 0 Å². The molecule has 0 amide bonds. The van der Waals surface area contributed by atoms with E-state index in [1.54, 1.807) is 6.26 Å². The summed E-state index contributed by atoms with van der Waals surface area (Å²) in [5.41, 5.74) is 0.744. The smallest absolute Gasteiger partial charge is 0.189 e. The Morgan fingerprint density at radius 2 is 2.31 bits per heavy atom. The molecule has 0 saturated carbocycles. The van der Waals surface area contributed by atoms with E-state index in [0.29, 0.717) is 5.75 Å². The predicted molar refractivity (Wildman–Crippen MR) is 63.9 cm³/mol. The highest BCUT2D eigenvalue weighted by atomic mass is 32.2. The number of furan rings is 1. The van der Waals surface area contributed by atoms with Crippen LogP contribution in [-0.4, -0.2) is 16.1 Å². The van der Waals surface area contributed by atoms with Gasteiger partial charge < -0.3 is 8.98 Å². The summed E-state index contributed by atoms with van der Waals surface area (Å²) in [5, 5.41) is 0. The number of hydrogen-bond donors (Lipinski definition) is 0. The van der Waals surface area contributed by atoms with E-state index in [1.165, 1.54) is 11.8 Å². The van der Waals surface area contributed by atoms with Crippen LogP contribution in [0, 0.1) is 6.92 Å². The van der Waals surface area contributed by atoms with Gasteiger partial charge in [-0.1, -0.05) is 0 Å². The summed E-state index contributed by atoms with van der Waals surface area (Å²) < 4.78 is 7.01. The van der Waals surface area contributed by atoms with E-state index in [-0.39, 0.29) is 5.78 Å². The monoisotopic (exact) mass is 235 g/mol. The molecule has 3 nitrogen and oxygen atoms in total. The lowest BCUT2D eigenvalue weighted by Gasteiger charge is -2.01. The predicted octanol–water partition coefficient (Wildman–Crippen LogP) is 2.90. The zero-order valence-corrected chi connectivity index (χ0v) is 10.1. The van der Waals surface area contributed by atoms with Crippen LogP contribution in [0.15, 0.2) is 40.0 Å². The van der Waals surface area contributed by atoms with Gasteiger partial charge in [-0.2, -0.15) is 0 Å². The first-order valence-electron chi connectivity index (χ1n) is 5.00. The Morgan fingerprint density at radius 1 is 1.50 bits per heavy atom. The lowest BCUT2D eigenvalue weighted by atomic mass is 10.3. The second kappa shape index (κ2) is 4.61. The van der Waals surface area contributed by atoms with Gasteiger partial charge in [-0.15, -0.1) is 11.8 Å². The fraction of sp³-hybridized carbons (Fsp3) is 0.250. The van der Waals surface area contributed by atoms with Gasteiger partial charge in [0.25, 0.3) is 0 Å². The number of aryl methyl sites for hydroxylation is 2. The summed E-state index contributed by atoms with van der Waals surface area (Å²) in [7, 11) is 1.88. The molecule has 2 aromatic heterocycles. The number of thioether (sulfide) groups is 1. The first-order chi connectivity index (χ1) is 7.68. The number of nitrogens with zero attached hydrogens (tertiary/aromatic N) is 1. The first kappa shape index (κ1) is 11.1. The summed E-state index contributed by atoms with van der Waals surface area (Å²) in [4.78, 5) is 12.9. The molecule has 0 saturated heterocycles. The average molecular weight is 235 g/mol. The zero-order valence-electron chi connectivity index (χ0n) is 9.27. The van der Waals surface area contributed by atoms with E-state index in [9.17, 15) is 4.79 Å². The van der Waals surface area contributed by atoms with Crippen LogP contribution in [0.1, 0.15) is 16.2 Å². The Bertz CT molecular complexity index is 499. The number of hydrogen-bond acceptors (Lipinski definition) is 3. The molecule has 0 aliphatic rings. The largest absolute Gasteiger partial charge is 0.468 e. The third kappa shape index (κ3) is 2.22. The van der Waals surface area contributed by atoms with Crippen molar-refractivity contribution < 1.29 is 9.21 Å². The molecule has 16 heavy (non-hydrogen) atoms. The molecule has 0 radical (unpaired) electrons. The molecule has 84 valence electrons. The number of carbonyl (C=O) groups is 1. The van der Waals surface area contributed by atoms with Gasteiger partial charge in [0, 0.05) is 18.1 Å². The van der Waals surface area contributed by atoms with Crippen molar-refractivity contribution in [2.75, 3.05) is 5.75 Å². The summed E-state index contributed by atoms with van der Waals surface area (Å²) in [6, 6.07) is 5.60. The van der Waals surface area contributed by atoms with Gasteiger partial charge in [0.1, 0.15) is 5.76 Å². The van der Waals surface area contributed by atoms with Gasteiger partial charge in [0.15, 0.2) is 5.78 Å². The maximum absolute atomic E-state index is 11.9. The number of Topliss-reactive ketones (excluding diaryl/α,β-unsaturated/α-hetero) is 1. The third-order valence-corrected chi connectivity index (χ3v) is 3.54. The van der Waals surface area contributed by atoms with Crippen molar-refractivity contribution in [2.45, 2.75) is 11.8 Å². The van der Waals surface area contributed by atoms with E-state index in [4.69, 9.17) is 4.42 Å². The zero-order chi connectivity index (χ0) is 11.5. The van der Waals surface area contributed by atoms with Crippen molar-refractivity contribution in [1.82, 2.24) is 4.57 Å². The molecule has 0 aromatic carbocycles. The lowest BCUT2D eigenvalue weighted by Crippen LogP contribution is -2.07. The van der Waals surface area contributed by atoms with Crippen molar-refractivity contribution in [3.8, 4) is 0 Å². The van der Waals surface area contributed by atoms with Crippen LogP contribution in [0.2, 0.25) is 0 Å². The highest BCUT2D eigenvalue weighted by Gasteiger charge is 2.11. The van der Waals surface area contributed by atoms with Crippen LogP contribution in [0.5, 0.6) is 0 Å². The van der Waals surface area contributed by atoms with Crippen molar-refractivity contribution >= 4 is 17.5 Å². The molecule has 0 bridgehead atoms. The molecule has 0 aliphatic carbocycles. The summed E-state index contributed by atoms with van der Waals surface area (Å²) in [5.74, 6) is 1.45. The van der Waals surface area contributed by atoms with E-state index < -0.39 is 0 Å². The molecule has 0 atom stereocenters. The SMILES string of the molecule is Cc1occc1SCC(=O)c1cccn1C. The molecule has 0 fully saturated rings. The molecular formula is C12H13NO2S. The van der Waals surface area contributed by atoms with Gasteiger partial charge >= 0.3 is 0 Å². The maximum Gasteiger partial charge on any atom is 0.189 e. The molecular weight excluding hydrogens is 222 g/mol. The van der Waals surface area contributed by atoms with Crippen molar-refractivity contribution in [3.63, 3.8) is 0 Å². The third-order valence-electron chi connectivity index (χ3n) is 2.40. The second-order valence-electron chi connectivity index (χ2n) is 3.56. The number of rotatable bonds is 4. The highest BCUT2D eigenvalue weighted by molar-refractivity contribution is 8.00. The van der Waals surface area contributed by atoms with Gasteiger partial charge in [0.05, 0.1) is 17.7 Å². The maximum atomic E-state index is 11.9. The first-order valence-corrected chi connectivity index (χ1v) is 5.98. The second-order valence-corrected chi connectivity index (χ2v) is 4.57. The fourth-order valence-electron chi connectivity index (χ4n) is 1.49. The highest BCUT2D eigenvalue weighted by Crippen LogP contribution is 2.23. The molecule has 2 heterocycles. The van der Waals surface area contributed by atoms with Crippen LogP contribution in [0.4, 0.5) is 0 Å². The normalized spacial score (nSPS) is 10.6. The standard InChI is InChI=1S/C12H13NO2S/c1-9-12(5-7-15-9)16-8-11(14)10-4-3-6-13(10)2/h3-7H,8H2,1-2H3. The van der Waals surface area contributed by atoms with E-state index in [1.807, 2.05) is 42.9 Å². The van der Waals surface area contributed by atoms with E-state index in [2.05, 4.69) is 0 Å². The number of ketones is 1. The molecule has 0 aliphatic heterocycles. The Balaban J connectivity index is 1.99. The average Bonchev–Trinajstić information content (AvgIpc) is 2.84. The summed E-state index contributed by atoms with van der Waals surface area (Å²) >= 11 is 1.51. The van der Waals surface area contributed by atoms with Gasteiger partial charge in [-0.25, -0.2) is 0 Å². The molecule has 0 spiro atoms. The lowest BCUT2D eigenvalue weighted by molar-refractivity contribution is 0.101. The number of aromatic nitrogens is 1. The van der Waals surface area contributed by atoms with Crippen LogP contribution >= 0.6 is 11.8 Å². The molecule has 0 unspecified atom stereocenters. The van der Waals surface area contributed by atoms with E-state index in [0.717, 1.165) is 16.3 Å². The van der Waals surface area contributed by atoms with Gasteiger partial charge in [-0.05, 0) is 25.1 Å². The summed E-state index contributed by atoms with van der Waals surface area (Å²) in [6.07, 6.45) is 3.52. The Labute approximate surface area is 98.4 Å². The Hall–Kier alpha value is -1.42. The van der Waals surface area contributed by atoms with Crippen LogP contribution in [-0.2, 0) is 7.05 Å². The van der Waals surface area contributed by atoms with Gasteiger partial charge in [0.2, 0.25) is 0 Å². The van der Waals surface area contributed by atoms with Crippen LogP contribution in [0.3, 0.4) is 0 Å². The molecule has 2 aromatic rings. The van der Waals surface area contributed by atoms with Crippen LogP contribution in [0.25, 0.3) is 0 Å². The van der Waals surface area contributed by atoms with Crippen molar-refractivity contribution in [1.29, 1.82) is 0 Å². The molecule has 4 heteroatoms. The van der Waals surface area contributed by atoms with Gasteiger partial charge in [-0.3, -0.25) is 4.79 Å². The van der Waals surface area contributed by atoms with Crippen molar-refractivity contribution in [3.05, 3.63) is 42.1 Å². The van der Waals surface area contributed by atoms with Crippen molar-refractivity contribution in [2.24, 2.45) is 7.05 Å². The minimum atomic E-state index is 0.137. The summed E-state index contributed by atoms with van der Waals surface area (Å²) in [6.45, 7) is 1.90. The molecule has 0 N–H and O–H groups in total. The van der Waals surface area contributed by atoms with Crippen LogP contribution < -0.4 is 0 Å². The Morgan fingerprint density at radius 3 is 2.88 bits per heavy atom. The quantitative estimate of drug-likeness (QED) is 0.603. The topological polar surface area (TPSA) is 35.1 Å². The minimum absolute atomic E-state index is 0.137. The number of carbonyl (C=O) groups excluding carboxylic acids is 1.